The summed E-state index contributed by atoms with van der Waals surface area (Å²) < 4.78 is 2.25. The highest BCUT2D eigenvalue weighted by molar-refractivity contribution is 5.76. The number of carbonyl (C=O) groups is 1. The molecule has 0 atom stereocenters. The van der Waals surface area contributed by atoms with E-state index in [0.29, 0.717) is 12.5 Å². The van der Waals surface area contributed by atoms with Crippen molar-refractivity contribution >= 4 is 5.91 Å². The van der Waals surface area contributed by atoms with Gasteiger partial charge in [0.2, 0.25) is 5.91 Å². The van der Waals surface area contributed by atoms with E-state index in [-0.39, 0.29) is 5.91 Å². The molecule has 1 aromatic heterocycles. The Morgan fingerprint density at radius 3 is 2.94 bits per heavy atom. The Morgan fingerprint density at radius 1 is 1.39 bits per heavy atom. The van der Waals surface area contributed by atoms with Gasteiger partial charge in [0.15, 0.2) is 0 Å². The summed E-state index contributed by atoms with van der Waals surface area (Å²) in [6.45, 7) is 2.84. The van der Waals surface area contributed by atoms with Crippen LogP contribution in [0.4, 0.5) is 0 Å². The number of imidazole rings is 1. The Morgan fingerprint density at radius 2 is 2.17 bits per heavy atom. The zero-order valence-electron chi connectivity index (χ0n) is 11.0. The summed E-state index contributed by atoms with van der Waals surface area (Å²) in [4.78, 5) is 16.4. The number of aryl methyl sites for hydroxylation is 2. The van der Waals surface area contributed by atoms with Crippen LogP contribution < -0.4 is 5.32 Å². The van der Waals surface area contributed by atoms with E-state index in [4.69, 9.17) is 0 Å². The molecule has 0 aliphatic heterocycles. The first-order valence-corrected chi connectivity index (χ1v) is 7.08. The second-order valence-corrected chi connectivity index (χ2v) is 5.50. The van der Waals surface area contributed by atoms with Crippen molar-refractivity contribution in [2.45, 2.75) is 64.5 Å². The molecule has 4 heteroatoms. The maximum atomic E-state index is 11.7. The Labute approximate surface area is 108 Å². The van der Waals surface area contributed by atoms with Crippen LogP contribution in [0.5, 0.6) is 0 Å². The molecule has 1 amide bonds. The number of nitrogens with one attached hydrogen (secondary N) is 1. The van der Waals surface area contributed by atoms with Crippen molar-refractivity contribution < 1.29 is 4.79 Å². The molecule has 0 unspecified atom stereocenters. The molecule has 1 aromatic rings. The van der Waals surface area contributed by atoms with Crippen LogP contribution in [0.3, 0.4) is 0 Å². The van der Waals surface area contributed by atoms with Crippen molar-refractivity contribution in [2.75, 3.05) is 0 Å². The van der Waals surface area contributed by atoms with Crippen molar-refractivity contribution in [2.24, 2.45) is 0 Å². The van der Waals surface area contributed by atoms with Gasteiger partial charge in [0.1, 0.15) is 5.82 Å². The van der Waals surface area contributed by atoms with E-state index >= 15 is 0 Å². The molecule has 1 fully saturated rings. The van der Waals surface area contributed by atoms with E-state index in [1.54, 1.807) is 0 Å². The first-order chi connectivity index (χ1) is 8.74. The van der Waals surface area contributed by atoms with Gasteiger partial charge < -0.3 is 9.88 Å². The normalized spacial score (nSPS) is 18.5. The van der Waals surface area contributed by atoms with Crippen LogP contribution in [-0.2, 0) is 24.2 Å². The molecule has 1 heterocycles. The van der Waals surface area contributed by atoms with Crippen LogP contribution in [-0.4, -0.2) is 21.5 Å². The number of amides is 1. The third kappa shape index (κ3) is 2.42. The van der Waals surface area contributed by atoms with Gasteiger partial charge in [-0.05, 0) is 45.4 Å². The largest absolute Gasteiger partial charge is 0.353 e. The van der Waals surface area contributed by atoms with E-state index in [2.05, 4.69) is 21.8 Å². The molecule has 0 bridgehead atoms. The van der Waals surface area contributed by atoms with Gasteiger partial charge in [-0.25, -0.2) is 4.98 Å². The predicted octanol–water partition coefficient (Wildman–Crippen LogP) is 1.74. The minimum atomic E-state index is 0.190. The Kier molecular flexibility index (Phi) is 3.10. The highest BCUT2D eigenvalue weighted by Crippen LogP contribution is 2.22. The Bertz CT molecular complexity index is 460. The minimum Gasteiger partial charge on any atom is -0.353 e. The summed E-state index contributed by atoms with van der Waals surface area (Å²) in [6.07, 6.45) is 7.65. The quantitative estimate of drug-likeness (QED) is 0.881. The summed E-state index contributed by atoms with van der Waals surface area (Å²) in [6, 6.07) is 0.468. The second kappa shape index (κ2) is 4.75. The molecule has 3 rings (SSSR count). The van der Waals surface area contributed by atoms with Gasteiger partial charge in [-0.15, -0.1) is 0 Å². The van der Waals surface area contributed by atoms with E-state index in [0.717, 1.165) is 38.1 Å². The SMILES string of the molecule is Cc1nc2c(n1CCC(=O)NC1CC1)CCCC2. The molecule has 1 saturated carbocycles. The molecule has 0 radical (unpaired) electrons. The molecule has 0 spiro atoms. The standard InChI is InChI=1S/C14H21N3O/c1-10-15-12-4-2-3-5-13(12)17(10)9-8-14(18)16-11-6-7-11/h11H,2-9H2,1H3,(H,16,18). The smallest absolute Gasteiger partial charge is 0.222 e. The van der Waals surface area contributed by atoms with Gasteiger partial charge >= 0.3 is 0 Å². The number of carbonyl (C=O) groups excluding carboxylic acids is 1. The number of hydrogen-bond donors (Lipinski definition) is 1. The first-order valence-electron chi connectivity index (χ1n) is 7.08. The van der Waals surface area contributed by atoms with Gasteiger partial charge in [-0.1, -0.05) is 0 Å². The van der Waals surface area contributed by atoms with E-state index in [9.17, 15) is 4.79 Å². The zero-order valence-corrected chi connectivity index (χ0v) is 11.0. The lowest BCUT2D eigenvalue weighted by Gasteiger charge is -2.14. The fourth-order valence-electron chi connectivity index (χ4n) is 2.77. The number of nitrogens with zero attached hydrogens (tertiary/aromatic N) is 2. The van der Waals surface area contributed by atoms with Gasteiger partial charge in [0, 0.05) is 24.7 Å². The van der Waals surface area contributed by atoms with E-state index in [1.807, 2.05) is 0 Å². The zero-order chi connectivity index (χ0) is 12.5. The van der Waals surface area contributed by atoms with Gasteiger partial charge in [-0.3, -0.25) is 4.79 Å². The lowest BCUT2D eigenvalue weighted by Crippen LogP contribution is -2.26. The van der Waals surface area contributed by atoms with Crippen LogP contribution in [0.25, 0.3) is 0 Å². The van der Waals surface area contributed by atoms with Crippen LogP contribution in [0, 0.1) is 6.92 Å². The third-order valence-electron chi connectivity index (χ3n) is 3.93. The Hall–Kier alpha value is -1.32. The number of aromatic nitrogens is 2. The number of fused-ring (bicyclic) bond motifs is 1. The van der Waals surface area contributed by atoms with Crippen molar-refractivity contribution in [3.63, 3.8) is 0 Å². The van der Waals surface area contributed by atoms with Crippen LogP contribution in [0.15, 0.2) is 0 Å². The molecule has 2 aliphatic carbocycles. The van der Waals surface area contributed by atoms with Crippen LogP contribution in [0.2, 0.25) is 0 Å². The van der Waals surface area contributed by atoms with Gasteiger partial charge in [-0.2, -0.15) is 0 Å². The first kappa shape index (κ1) is 11.8. The fraction of sp³-hybridized carbons (Fsp3) is 0.714. The summed E-state index contributed by atoms with van der Waals surface area (Å²) in [7, 11) is 0. The highest BCUT2D eigenvalue weighted by Gasteiger charge is 2.23. The number of hydrogen-bond acceptors (Lipinski definition) is 2. The third-order valence-corrected chi connectivity index (χ3v) is 3.93. The average Bonchev–Trinajstić information content (AvgIpc) is 3.09. The fourth-order valence-corrected chi connectivity index (χ4v) is 2.77. The van der Waals surface area contributed by atoms with Crippen molar-refractivity contribution in [1.82, 2.24) is 14.9 Å². The molecule has 1 N–H and O–H groups in total. The molecule has 0 saturated heterocycles. The van der Waals surface area contributed by atoms with Crippen LogP contribution in [0.1, 0.15) is 49.3 Å². The minimum absolute atomic E-state index is 0.190. The molecule has 0 aromatic carbocycles. The molecular weight excluding hydrogens is 226 g/mol. The van der Waals surface area contributed by atoms with Crippen molar-refractivity contribution in [1.29, 1.82) is 0 Å². The lowest BCUT2D eigenvalue weighted by molar-refractivity contribution is -0.121. The van der Waals surface area contributed by atoms with Crippen molar-refractivity contribution in [3.8, 4) is 0 Å². The van der Waals surface area contributed by atoms with Crippen LogP contribution >= 0.6 is 0 Å². The van der Waals surface area contributed by atoms with Gasteiger partial charge in [0.25, 0.3) is 0 Å². The maximum Gasteiger partial charge on any atom is 0.222 e. The highest BCUT2D eigenvalue weighted by atomic mass is 16.1. The molecular formula is C14H21N3O. The van der Waals surface area contributed by atoms with Gasteiger partial charge in [0.05, 0.1) is 5.69 Å². The monoisotopic (exact) mass is 247 g/mol. The summed E-state index contributed by atoms with van der Waals surface area (Å²) in [5.41, 5.74) is 2.64. The average molecular weight is 247 g/mol. The summed E-state index contributed by atoms with van der Waals surface area (Å²) in [5, 5.41) is 3.04. The predicted molar refractivity (Wildman–Crippen MR) is 69.4 cm³/mol. The molecule has 18 heavy (non-hydrogen) atoms. The van der Waals surface area contributed by atoms with E-state index < -0.39 is 0 Å². The Balaban J connectivity index is 1.64. The molecule has 2 aliphatic rings. The summed E-state index contributed by atoms with van der Waals surface area (Å²) >= 11 is 0. The van der Waals surface area contributed by atoms with E-state index in [1.165, 1.54) is 24.2 Å². The van der Waals surface area contributed by atoms with Crippen molar-refractivity contribution in [3.05, 3.63) is 17.2 Å². The maximum absolute atomic E-state index is 11.7. The molecule has 98 valence electrons. The lowest BCUT2D eigenvalue weighted by atomic mass is 10.0. The second-order valence-electron chi connectivity index (χ2n) is 5.50. The topological polar surface area (TPSA) is 46.9 Å². The summed E-state index contributed by atoms with van der Waals surface area (Å²) in [5.74, 6) is 1.26. The number of rotatable bonds is 4. The molecule has 4 nitrogen and oxygen atoms in total.